The first-order valence-corrected chi connectivity index (χ1v) is 9.12. The summed E-state index contributed by atoms with van der Waals surface area (Å²) in [6, 6.07) is 10.2. The smallest absolute Gasteiger partial charge is 0.339 e. The van der Waals surface area contributed by atoms with Crippen molar-refractivity contribution in [1.29, 1.82) is 0 Å². The molecule has 2 aromatic carbocycles. The Hall–Kier alpha value is -3.34. The average molecular weight is 376 g/mol. The Labute approximate surface area is 161 Å². The van der Waals surface area contributed by atoms with Gasteiger partial charge in [0.2, 0.25) is 0 Å². The molecule has 4 aromatic rings. The summed E-state index contributed by atoms with van der Waals surface area (Å²) in [4.78, 5) is 23.4. The quantitative estimate of drug-likeness (QED) is 0.498. The van der Waals surface area contributed by atoms with Crippen molar-refractivity contribution in [2.45, 2.75) is 33.6 Å². The molecule has 1 N–H and O–H groups in total. The van der Waals surface area contributed by atoms with Gasteiger partial charge in [-0.3, -0.25) is 4.79 Å². The van der Waals surface area contributed by atoms with Gasteiger partial charge in [-0.25, -0.2) is 4.79 Å². The van der Waals surface area contributed by atoms with Crippen molar-refractivity contribution in [3.8, 4) is 11.1 Å². The van der Waals surface area contributed by atoms with Gasteiger partial charge in [0.1, 0.15) is 11.2 Å². The van der Waals surface area contributed by atoms with E-state index in [9.17, 15) is 9.59 Å². The molecule has 0 amide bonds. The van der Waals surface area contributed by atoms with Crippen LogP contribution in [-0.2, 0) is 11.2 Å². The molecule has 0 aliphatic rings. The molecule has 0 unspecified atom stereocenters. The third-order valence-corrected chi connectivity index (χ3v) is 5.29. The Morgan fingerprint density at radius 1 is 1.00 bits per heavy atom. The number of fused-ring (bicyclic) bond motifs is 2. The molecule has 4 rings (SSSR count). The first-order valence-electron chi connectivity index (χ1n) is 9.12. The Balaban J connectivity index is 1.98. The van der Waals surface area contributed by atoms with Crippen molar-refractivity contribution in [3.05, 3.63) is 69.3 Å². The van der Waals surface area contributed by atoms with Crippen molar-refractivity contribution in [1.82, 2.24) is 0 Å². The molecule has 2 heterocycles. The third-order valence-electron chi connectivity index (χ3n) is 5.29. The third kappa shape index (κ3) is 2.89. The Morgan fingerprint density at radius 3 is 2.39 bits per heavy atom. The van der Waals surface area contributed by atoms with Gasteiger partial charge < -0.3 is 13.9 Å². The van der Waals surface area contributed by atoms with E-state index >= 15 is 0 Å². The number of benzene rings is 2. The second-order valence-corrected chi connectivity index (χ2v) is 7.16. The second kappa shape index (κ2) is 6.68. The van der Waals surface area contributed by atoms with Crippen LogP contribution in [0, 0.1) is 20.8 Å². The molecule has 0 atom stereocenters. The molecule has 0 fully saturated rings. The molecule has 5 heteroatoms. The lowest BCUT2D eigenvalue weighted by Crippen LogP contribution is -2.12. The summed E-state index contributed by atoms with van der Waals surface area (Å²) in [7, 11) is 0. The van der Waals surface area contributed by atoms with E-state index in [1.54, 1.807) is 6.26 Å². The van der Waals surface area contributed by atoms with Crippen molar-refractivity contribution < 1.29 is 18.7 Å². The summed E-state index contributed by atoms with van der Waals surface area (Å²) in [5.74, 6) is -0.943. The molecule has 5 nitrogen and oxygen atoms in total. The van der Waals surface area contributed by atoms with Crippen LogP contribution in [0.4, 0.5) is 0 Å². The molecular weight excluding hydrogens is 356 g/mol. The fraction of sp³-hybridized carbons (Fsp3) is 0.217. The van der Waals surface area contributed by atoms with Gasteiger partial charge in [-0.1, -0.05) is 29.8 Å². The zero-order valence-electron chi connectivity index (χ0n) is 16.0. The highest BCUT2D eigenvalue weighted by atomic mass is 16.4. The van der Waals surface area contributed by atoms with Crippen molar-refractivity contribution >= 4 is 27.9 Å². The fourth-order valence-electron chi connectivity index (χ4n) is 3.67. The van der Waals surface area contributed by atoms with Crippen molar-refractivity contribution in [2.75, 3.05) is 0 Å². The number of carbonyl (C=O) groups is 1. The lowest BCUT2D eigenvalue weighted by atomic mass is 9.96. The zero-order chi connectivity index (χ0) is 20.0. The van der Waals surface area contributed by atoms with Crippen LogP contribution in [0.25, 0.3) is 33.1 Å². The van der Waals surface area contributed by atoms with Crippen LogP contribution in [-0.4, -0.2) is 11.1 Å². The number of aryl methyl sites for hydroxylation is 3. The molecule has 142 valence electrons. The molecule has 0 aliphatic heterocycles. The number of hydrogen-bond acceptors (Lipinski definition) is 4. The first kappa shape index (κ1) is 18.0. The van der Waals surface area contributed by atoms with Crippen LogP contribution in [0.1, 0.15) is 28.7 Å². The minimum absolute atomic E-state index is 0.112. The lowest BCUT2D eigenvalue weighted by molar-refractivity contribution is -0.136. The highest BCUT2D eigenvalue weighted by Gasteiger charge is 2.19. The van der Waals surface area contributed by atoms with E-state index < -0.39 is 11.6 Å². The first-order chi connectivity index (χ1) is 13.4. The van der Waals surface area contributed by atoms with Gasteiger partial charge in [-0.15, -0.1) is 0 Å². The molecule has 0 aliphatic carbocycles. The lowest BCUT2D eigenvalue weighted by Gasteiger charge is -2.10. The van der Waals surface area contributed by atoms with Crippen molar-refractivity contribution in [3.63, 3.8) is 0 Å². The zero-order valence-corrected chi connectivity index (χ0v) is 16.0. The average Bonchev–Trinajstić information content (AvgIpc) is 3.07. The highest BCUT2D eigenvalue weighted by Crippen LogP contribution is 2.37. The van der Waals surface area contributed by atoms with Gasteiger partial charge >= 0.3 is 11.6 Å². The van der Waals surface area contributed by atoms with Gasteiger partial charge in [-0.05, 0) is 44.4 Å². The number of hydrogen-bond donors (Lipinski definition) is 1. The van der Waals surface area contributed by atoms with Gasteiger partial charge in [0.15, 0.2) is 0 Å². The topological polar surface area (TPSA) is 80.7 Å². The minimum Gasteiger partial charge on any atom is -0.481 e. The summed E-state index contributed by atoms with van der Waals surface area (Å²) in [6.07, 6.45) is 1.76. The summed E-state index contributed by atoms with van der Waals surface area (Å²) in [5.41, 5.74) is 5.81. The summed E-state index contributed by atoms with van der Waals surface area (Å²) in [6.45, 7) is 5.75. The molecule has 0 saturated heterocycles. The van der Waals surface area contributed by atoms with E-state index in [-0.39, 0.29) is 12.8 Å². The Kier molecular flexibility index (Phi) is 4.30. The van der Waals surface area contributed by atoms with Gasteiger partial charge in [-0.2, -0.15) is 0 Å². The molecular formula is C23H20O5. The maximum absolute atomic E-state index is 12.4. The maximum Gasteiger partial charge on any atom is 0.339 e. The Bertz CT molecular complexity index is 1270. The van der Waals surface area contributed by atoms with E-state index in [2.05, 4.69) is 24.3 Å². The van der Waals surface area contributed by atoms with Crippen LogP contribution in [0.15, 0.2) is 50.2 Å². The van der Waals surface area contributed by atoms with E-state index in [1.165, 1.54) is 5.56 Å². The monoisotopic (exact) mass is 376 g/mol. The fourth-order valence-corrected chi connectivity index (χ4v) is 3.67. The Morgan fingerprint density at radius 2 is 1.71 bits per heavy atom. The van der Waals surface area contributed by atoms with Crippen LogP contribution in [0.2, 0.25) is 0 Å². The van der Waals surface area contributed by atoms with Crippen molar-refractivity contribution in [2.24, 2.45) is 0 Å². The largest absolute Gasteiger partial charge is 0.481 e. The van der Waals surface area contributed by atoms with Crippen LogP contribution in [0.5, 0.6) is 0 Å². The van der Waals surface area contributed by atoms with Gasteiger partial charge in [0.25, 0.3) is 0 Å². The van der Waals surface area contributed by atoms with Crippen LogP contribution >= 0.6 is 0 Å². The SMILES string of the molecule is Cc1ccc(-c2coc3c(C)c4oc(=O)c(CCC(=O)O)c(C)c4cc23)cc1. The number of rotatable bonds is 4. The molecule has 0 bridgehead atoms. The molecule has 0 spiro atoms. The number of carboxylic acids is 1. The predicted octanol–water partition coefficient (Wildman–Crippen LogP) is 5.15. The second-order valence-electron chi connectivity index (χ2n) is 7.16. The number of furan rings is 1. The number of aliphatic carboxylic acids is 1. The minimum atomic E-state index is -0.943. The number of carboxylic acid groups (broad SMARTS) is 1. The van der Waals surface area contributed by atoms with E-state index in [1.807, 2.05) is 26.8 Å². The molecule has 0 radical (unpaired) electrons. The van der Waals surface area contributed by atoms with Gasteiger partial charge in [0, 0.05) is 33.9 Å². The van der Waals surface area contributed by atoms with E-state index in [0.29, 0.717) is 16.7 Å². The maximum atomic E-state index is 12.4. The summed E-state index contributed by atoms with van der Waals surface area (Å²) >= 11 is 0. The normalized spacial score (nSPS) is 11.4. The molecule has 2 aromatic heterocycles. The van der Waals surface area contributed by atoms with E-state index in [4.69, 9.17) is 13.9 Å². The molecule has 0 saturated carbocycles. The molecule has 28 heavy (non-hydrogen) atoms. The highest BCUT2D eigenvalue weighted by molar-refractivity contribution is 6.04. The van der Waals surface area contributed by atoms with Crippen LogP contribution < -0.4 is 5.63 Å². The predicted molar refractivity (Wildman–Crippen MR) is 108 cm³/mol. The van der Waals surface area contributed by atoms with Crippen LogP contribution in [0.3, 0.4) is 0 Å². The van der Waals surface area contributed by atoms with E-state index in [0.717, 1.165) is 33.0 Å². The van der Waals surface area contributed by atoms with Gasteiger partial charge in [0.05, 0.1) is 6.26 Å². The standard InChI is InChI=1S/C23H20O5/c1-12-4-6-15(7-5-12)19-11-27-21-14(3)22-17(10-18(19)21)13(2)16(23(26)28-22)8-9-20(24)25/h4-7,10-11H,8-9H2,1-3H3,(H,24,25). The summed E-state index contributed by atoms with van der Waals surface area (Å²) < 4.78 is 11.4. The summed E-state index contributed by atoms with van der Waals surface area (Å²) in [5, 5.41) is 10.7.